The summed E-state index contributed by atoms with van der Waals surface area (Å²) in [4.78, 5) is 11.5. The Hall–Kier alpha value is -0.970. The Morgan fingerprint density at radius 1 is 1.38 bits per heavy atom. The standard InChI is InChI=1S/C11H11F3OS/c1-16-6-5-10(15)8-3-2-4-9(7-8)11(12,13)14/h2-4,7H,5-6H2,1H3. The number of carbonyl (C=O) groups is 1. The van der Waals surface area contributed by atoms with Crippen LogP contribution in [0.1, 0.15) is 22.3 Å². The quantitative estimate of drug-likeness (QED) is 0.757. The summed E-state index contributed by atoms with van der Waals surface area (Å²) in [5.74, 6) is 0.371. The number of hydrogen-bond donors (Lipinski definition) is 0. The molecule has 1 aromatic carbocycles. The average Bonchev–Trinajstić information content (AvgIpc) is 2.25. The molecule has 0 atom stereocenters. The van der Waals surface area contributed by atoms with E-state index in [1.807, 2.05) is 6.26 Å². The van der Waals surface area contributed by atoms with Crippen molar-refractivity contribution in [2.75, 3.05) is 12.0 Å². The first-order valence-electron chi connectivity index (χ1n) is 4.64. The van der Waals surface area contributed by atoms with Gasteiger partial charge in [0.15, 0.2) is 5.78 Å². The second kappa shape index (κ2) is 5.39. The summed E-state index contributed by atoms with van der Waals surface area (Å²) in [6, 6.07) is 4.54. The SMILES string of the molecule is CSCCC(=O)c1cccc(C(F)(F)F)c1. The highest BCUT2D eigenvalue weighted by molar-refractivity contribution is 7.98. The predicted molar refractivity (Wildman–Crippen MR) is 58.8 cm³/mol. The van der Waals surface area contributed by atoms with E-state index in [4.69, 9.17) is 0 Å². The minimum atomic E-state index is -4.39. The van der Waals surface area contributed by atoms with Crippen LogP contribution in [0.5, 0.6) is 0 Å². The molecule has 0 aliphatic carbocycles. The second-order valence-corrected chi connectivity index (χ2v) is 4.23. The normalized spacial score (nSPS) is 11.5. The third-order valence-electron chi connectivity index (χ3n) is 2.05. The first-order chi connectivity index (χ1) is 7.45. The fourth-order valence-electron chi connectivity index (χ4n) is 1.21. The van der Waals surface area contributed by atoms with E-state index in [-0.39, 0.29) is 17.8 Å². The lowest BCUT2D eigenvalue weighted by Crippen LogP contribution is -2.07. The minimum absolute atomic E-state index is 0.129. The monoisotopic (exact) mass is 248 g/mol. The van der Waals surface area contributed by atoms with Crippen LogP contribution in [-0.2, 0) is 6.18 Å². The topological polar surface area (TPSA) is 17.1 Å². The number of thioether (sulfide) groups is 1. The zero-order chi connectivity index (χ0) is 12.2. The lowest BCUT2D eigenvalue weighted by atomic mass is 10.1. The number of carbonyl (C=O) groups excluding carboxylic acids is 1. The number of alkyl halides is 3. The summed E-state index contributed by atoms with van der Waals surface area (Å²) in [6.07, 6.45) is -2.28. The van der Waals surface area contributed by atoms with Crippen molar-refractivity contribution in [2.45, 2.75) is 12.6 Å². The molecule has 1 nitrogen and oxygen atoms in total. The van der Waals surface area contributed by atoms with Gasteiger partial charge in [-0.1, -0.05) is 12.1 Å². The second-order valence-electron chi connectivity index (χ2n) is 3.24. The maximum absolute atomic E-state index is 12.4. The van der Waals surface area contributed by atoms with Gasteiger partial charge in [-0.05, 0) is 18.4 Å². The molecule has 5 heteroatoms. The Balaban J connectivity index is 2.86. The van der Waals surface area contributed by atoms with Crippen LogP contribution < -0.4 is 0 Å². The van der Waals surface area contributed by atoms with Crippen LogP contribution in [0, 0.1) is 0 Å². The molecule has 0 heterocycles. The summed E-state index contributed by atoms with van der Waals surface area (Å²) in [5, 5.41) is 0. The lowest BCUT2D eigenvalue weighted by Gasteiger charge is -2.07. The predicted octanol–water partition coefficient (Wildman–Crippen LogP) is 3.64. The van der Waals surface area contributed by atoms with Gasteiger partial charge in [0.05, 0.1) is 5.56 Å². The van der Waals surface area contributed by atoms with Crippen molar-refractivity contribution < 1.29 is 18.0 Å². The first-order valence-corrected chi connectivity index (χ1v) is 6.04. The average molecular weight is 248 g/mol. The van der Waals surface area contributed by atoms with Crippen molar-refractivity contribution in [1.82, 2.24) is 0 Å². The summed E-state index contributed by atoms with van der Waals surface area (Å²) < 4.78 is 37.1. The smallest absolute Gasteiger partial charge is 0.294 e. The van der Waals surface area contributed by atoms with Gasteiger partial charge in [-0.25, -0.2) is 0 Å². The third kappa shape index (κ3) is 3.56. The molecule has 0 spiro atoms. The Bertz CT molecular complexity index is 374. The van der Waals surface area contributed by atoms with Crippen molar-refractivity contribution in [3.63, 3.8) is 0 Å². The Labute approximate surface area is 96.0 Å². The maximum Gasteiger partial charge on any atom is 0.416 e. The highest BCUT2D eigenvalue weighted by atomic mass is 32.2. The molecule has 0 amide bonds. The van der Waals surface area contributed by atoms with Crippen LogP contribution in [0.3, 0.4) is 0 Å². The fourth-order valence-corrected chi connectivity index (χ4v) is 1.60. The van der Waals surface area contributed by atoms with E-state index < -0.39 is 11.7 Å². The van der Waals surface area contributed by atoms with Crippen molar-refractivity contribution in [2.24, 2.45) is 0 Å². The molecule has 0 N–H and O–H groups in total. The molecular formula is C11H11F3OS. The molecule has 0 radical (unpaired) electrons. The molecule has 0 unspecified atom stereocenters. The molecular weight excluding hydrogens is 237 g/mol. The molecule has 0 aromatic heterocycles. The summed E-state index contributed by atoms with van der Waals surface area (Å²) in [7, 11) is 0. The minimum Gasteiger partial charge on any atom is -0.294 e. The van der Waals surface area contributed by atoms with Crippen LogP contribution in [0.25, 0.3) is 0 Å². The molecule has 0 saturated carbocycles. The molecule has 1 rings (SSSR count). The summed E-state index contributed by atoms with van der Waals surface area (Å²) in [5.41, 5.74) is -0.647. The van der Waals surface area contributed by atoms with Crippen molar-refractivity contribution in [3.8, 4) is 0 Å². The molecule has 0 aliphatic rings. The number of hydrogen-bond acceptors (Lipinski definition) is 2. The zero-order valence-corrected chi connectivity index (χ0v) is 9.49. The highest BCUT2D eigenvalue weighted by Crippen LogP contribution is 2.29. The molecule has 16 heavy (non-hydrogen) atoms. The number of benzene rings is 1. The van der Waals surface area contributed by atoms with Gasteiger partial charge >= 0.3 is 6.18 Å². The Morgan fingerprint density at radius 3 is 2.62 bits per heavy atom. The summed E-state index contributed by atoms with van der Waals surface area (Å²) in [6.45, 7) is 0. The van der Waals surface area contributed by atoms with Gasteiger partial charge in [-0.2, -0.15) is 24.9 Å². The third-order valence-corrected chi connectivity index (χ3v) is 2.66. The fraction of sp³-hybridized carbons (Fsp3) is 0.364. The van der Waals surface area contributed by atoms with Gasteiger partial charge in [-0.3, -0.25) is 4.79 Å². The van der Waals surface area contributed by atoms with Crippen LogP contribution in [0.4, 0.5) is 13.2 Å². The van der Waals surface area contributed by atoms with E-state index in [9.17, 15) is 18.0 Å². The van der Waals surface area contributed by atoms with E-state index in [0.29, 0.717) is 5.75 Å². The highest BCUT2D eigenvalue weighted by Gasteiger charge is 2.30. The number of Topliss-reactive ketones (excluding diaryl/α,β-unsaturated/α-hetero) is 1. The van der Waals surface area contributed by atoms with Gasteiger partial charge in [0.1, 0.15) is 0 Å². The molecule has 0 bridgehead atoms. The van der Waals surface area contributed by atoms with Crippen LogP contribution in [-0.4, -0.2) is 17.8 Å². The van der Waals surface area contributed by atoms with Crippen LogP contribution in [0.2, 0.25) is 0 Å². The van der Waals surface area contributed by atoms with E-state index in [0.717, 1.165) is 12.1 Å². The van der Waals surface area contributed by atoms with Crippen molar-refractivity contribution in [3.05, 3.63) is 35.4 Å². The van der Waals surface area contributed by atoms with Gasteiger partial charge in [0.2, 0.25) is 0 Å². The Kier molecular flexibility index (Phi) is 4.41. The number of halogens is 3. The van der Waals surface area contributed by atoms with E-state index in [1.165, 1.54) is 23.9 Å². The van der Waals surface area contributed by atoms with E-state index in [2.05, 4.69) is 0 Å². The maximum atomic E-state index is 12.4. The van der Waals surface area contributed by atoms with Crippen molar-refractivity contribution in [1.29, 1.82) is 0 Å². The van der Waals surface area contributed by atoms with Gasteiger partial charge < -0.3 is 0 Å². The van der Waals surface area contributed by atoms with Crippen molar-refractivity contribution >= 4 is 17.5 Å². The van der Waals surface area contributed by atoms with Crippen LogP contribution in [0.15, 0.2) is 24.3 Å². The molecule has 88 valence electrons. The molecule has 0 saturated heterocycles. The van der Waals surface area contributed by atoms with Gasteiger partial charge in [0, 0.05) is 17.7 Å². The summed E-state index contributed by atoms with van der Waals surface area (Å²) >= 11 is 1.49. The first kappa shape index (κ1) is 13.1. The number of rotatable bonds is 4. The number of ketones is 1. The largest absolute Gasteiger partial charge is 0.416 e. The Morgan fingerprint density at radius 2 is 2.06 bits per heavy atom. The van der Waals surface area contributed by atoms with E-state index >= 15 is 0 Å². The lowest BCUT2D eigenvalue weighted by molar-refractivity contribution is -0.137. The molecule has 0 fully saturated rings. The zero-order valence-electron chi connectivity index (χ0n) is 8.67. The van der Waals surface area contributed by atoms with Crippen LogP contribution >= 0.6 is 11.8 Å². The van der Waals surface area contributed by atoms with Gasteiger partial charge in [0.25, 0.3) is 0 Å². The van der Waals surface area contributed by atoms with Gasteiger partial charge in [-0.15, -0.1) is 0 Å². The molecule has 1 aromatic rings. The van der Waals surface area contributed by atoms with E-state index in [1.54, 1.807) is 0 Å². The molecule has 0 aliphatic heterocycles.